The van der Waals surface area contributed by atoms with Gasteiger partial charge in [-0.15, -0.1) is 6.58 Å². The van der Waals surface area contributed by atoms with Gasteiger partial charge in [-0.3, -0.25) is 14.4 Å². The number of hydrogen-bond donors (Lipinski definition) is 0. The van der Waals surface area contributed by atoms with Crippen molar-refractivity contribution in [3.63, 3.8) is 0 Å². The monoisotopic (exact) mass is 324 g/mol. The summed E-state index contributed by atoms with van der Waals surface area (Å²) in [5, 5.41) is 0. The van der Waals surface area contributed by atoms with Gasteiger partial charge >= 0.3 is 0 Å². The van der Waals surface area contributed by atoms with Crippen LogP contribution >= 0.6 is 0 Å². The van der Waals surface area contributed by atoms with Crippen molar-refractivity contribution in [2.24, 2.45) is 11.3 Å². The third-order valence-electron chi connectivity index (χ3n) is 5.49. The maximum atomic E-state index is 12.9. The average molecular weight is 324 g/mol. The highest BCUT2D eigenvalue weighted by atomic mass is 16.5. The fraction of sp³-hybridized carbons (Fsp3) is 0.350. The van der Waals surface area contributed by atoms with E-state index in [-0.39, 0.29) is 5.78 Å². The molecule has 24 heavy (non-hydrogen) atoms. The smallest absolute Gasteiger partial charge is 0.229 e. The standard InChI is InChI=1S/C20H20O4/c1-5-9-20(3)15(21)8-10-19(2)14-11-12(24-4)6-7-13(14)16(22)17(23)18(19)20/h5-8,10-11,18H,1,9H2,2-4H3. The minimum atomic E-state index is -0.973. The van der Waals surface area contributed by atoms with E-state index in [9.17, 15) is 14.4 Å². The molecule has 0 heterocycles. The first-order valence-electron chi connectivity index (χ1n) is 7.91. The molecule has 0 fully saturated rings. The van der Waals surface area contributed by atoms with Crippen molar-refractivity contribution in [1.82, 2.24) is 0 Å². The van der Waals surface area contributed by atoms with Crippen molar-refractivity contribution in [1.29, 1.82) is 0 Å². The topological polar surface area (TPSA) is 60.4 Å². The molecule has 0 spiro atoms. The molecule has 3 rings (SSSR count). The third-order valence-corrected chi connectivity index (χ3v) is 5.49. The quantitative estimate of drug-likeness (QED) is 0.633. The van der Waals surface area contributed by atoms with Crippen LogP contribution in [0.15, 0.2) is 43.0 Å². The molecule has 1 aromatic rings. The SMILES string of the molecule is C=CCC1(C)C(=O)C=CC2(C)c3cc(OC)ccc3C(=O)C(=O)C12. The van der Waals surface area contributed by atoms with E-state index < -0.39 is 28.3 Å². The van der Waals surface area contributed by atoms with E-state index in [2.05, 4.69) is 6.58 Å². The van der Waals surface area contributed by atoms with Gasteiger partial charge in [-0.1, -0.05) is 26.0 Å². The molecule has 4 nitrogen and oxygen atoms in total. The van der Waals surface area contributed by atoms with Crippen molar-refractivity contribution in [2.45, 2.75) is 25.7 Å². The molecule has 0 aromatic heterocycles. The van der Waals surface area contributed by atoms with Crippen LogP contribution in [0.3, 0.4) is 0 Å². The van der Waals surface area contributed by atoms with Crippen molar-refractivity contribution in [3.8, 4) is 5.75 Å². The van der Waals surface area contributed by atoms with Crippen molar-refractivity contribution in [3.05, 3.63) is 54.1 Å². The Kier molecular flexibility index (Phi) is 3.59. The number of methoxy groups -OCH3 is 1. The number of ether oxygens (including phenoxy) is 1. The lowest BCUT2D eigenvalue weighted by molar-refractivity contribution is -0.137. The van der Waals surface area contributed by atoms with E-state index in [1.807, 2.05) is 6.92 Å². The van der Waals surface area contributed by atoms with Gasteiger partial charge in [0, 0.05) is 16.4 Å². The maximum absolute atomic E-state index is 12.9. The van der Waals surface area contributed by atoms with Crippen LogP contribution in [0.1, 0.15) is 36.2 Å². The fourth-order valence-corrected chi connectivity index (χ4v) is 4.22. The average Bonchev–Trinajstić information content (AvgIpc) is 2.56. The van der Waals surface area contributed by atoms with Gasteiger partial charge in [0.15, 0.2) is 5.78 Å². The normalized spacial score (nSPS) is 31.5. The summed E-state index contributed by atoms with van der Waals surface area (Å²) in [6.45, 7) is 7.38. The number of ketones is 3. The van der Waals surface area contributed by atoms with Crippen LogP contribution < -0.4 is 4.74 Å². The van der Waals surface area contributed by atoms with Gasteiger partial charge in [-0.05, 0) is 36.3 Å². The Balaban J connectivity index is 2.32. The van der Waals surface area contributed by atoms with Gasteiger partial charge in [0.25, 0.3) is 0 Å². The molecule has 0 radical (unpaired) electrons. The van der Waals surface area contributed by atoms with Crippen LogP contribution in [-0.2, 0) is 15.0 Å². The summed E-state index contributed by atoms with van der Waals surface area (Å²) >= 11 is 0. The van der Waals surface area contributed by atoms with Crippen molar-refractivity contribution < 1.29 is 19.1 Å². The lowest BCUT2D eigenvalue weighted by Crippen LogP contribution is -2.56. The van der Waals surface area contributed by atoms with Crippen LogP contribution in [0.5, 0.6) is 5.75 Å². The molecule has 2 aliphatic rings. The summed E-state index contributed by atoms with van der Waals surface area (Å²) in [4.78, 5) is 38.1. The van der Waals surface area contributed by atoms with Gasteiger partial charge in [0.1, 0.15) is 5.75 Å². The summed E-state index contributed by atoms with van der Waals surface area (Å²) in [7, 11) is 1.55. The number of Topliss-reactive ketones (excluding diaryl/α,β-unsaturated/α-hetero) is 2. The molecule has 0 aliphatic heterocycles. The molecular weight excluding hydrogens is 304 g/mol. The Morgan fingerprint density at radius 1 is 1.25 bits per heavy atom. The summed E-state index contributed by atoms with van der Waals surface area (Å²) in [5.41, 5.74) is -0.589. The highest BCUT2D eigenvalue weighted by molar-refractivity contribution is 6.46. The Morgan fingerprint density at radius 3 is 2.58 bits per heavy atom. The number of rotatable bonds is 3. The second-order valence-electron chi connectivity index (χ2n) is 6.93. The Labute approximate surface area is 141 Å². The molecule has 2 aliphatic carbocycles. The first kappa shape index (κ1) is 16.4. The summed E-state index contributed by atoms with van der Waals surface area (Å²) in [6.07, 6.45) is 5.27. The molecule has 1 aromatic carbocycles. The summed E-state index contributed by atoms with van der Waals surface area (Å²) in [5.74, 6) is -1.30. The lowest BCUT2D eigenvalue weighted by atomic mass is 9.50. The van der Waals surface area contributed by atoms with Crippen molar-refractivity contribution in [2.75, 3.05) is 7.11 Å². The molecule has 0 N–H and O–H groups in total. The third kappa shape index (κ3) is 1.95. The molecule has 3 atom stereocenters. The first-order chi connectivity index (χ1) is 11.3. The Bertz CT molecular complexity index is 804. The minimum absolute atomic E-state index is 0.141. The predicted molar refractivity (Wildman–Crippen MR) is 90.2 cm³/mol. The van der Waals surface area contributed by atoms with E-state index in [1.54, 1.807) is 44.4 Å². The van der Waals surface area contributed by atoms with Gasteiger partial charge < -0.3 is 4.74 Å². The van der Waals surface area contributed by atoms with Gasteiger partial charge in [0.05, 0.1) is 13.0 Å². The zero-order valence-corrected chi connectivity index (χ0v) is 14.1. The number of fused-ring (bicyclic) bond motifs is 3. The highest BCUT2D eigenvalue weighted by Crippen LogP contribution is 2.53. The molecule has 0 bridgehead atoms. The Morgan fingerprint density at radius 2 is 1.96 bits per heavy atom. The fourth-order valence-electron chi connectivity index (χ4n) is 4.22. The van der Waals surface area contributed by atoms with Gasteiger partial charge in [-0.2, -0.15) is 0 Å². The van der Waals surface area contributed by atoms with E-state index >= 15 is 0 Å². The number of carbonyl (C=O) groups is 3. The predicted octanol–water partition coefficient (Wildman–Crippen LogP) is 3.06. The number of allylic oxidation sites excluding steroid dienone is 3. The summed E-state index contributed by atoms with van der Waals surface area (Å²) in [6, 6.07) is 5.10. The molecule has 0 saturated carbocycles. The first-order valence-corrected chi connectivity index (χ1v) is 7.91. The van der Waals surface area contributed by atoms with Gasteiger partial charge in [-0.25, -0.2) is 0 Å². The summed E-state index contributed by atoms with van der Waals surface area (Å²) < 4.78 is 5.28. The molecular formula is C20H20O4. The minimum Gasteiger partial charge on any atom is -0.497 e. The number of hydrogen-bond acceptors (Lipinski definition) is 4. The number of carbonyl (C=O) groups excluding carboxylic acids is 3. The van der Waals surface area contributed by atoms with Crippen LogP contribution in [0, 0.1) is 11.3 Å². The van der Waals surface area contributed by atoms with Crippen LogP contribution in [0.4, 0.5) is 0 Å². The molecule has 3 unspecified atom stereocenters. The number of benzene rings is 1. The van der Waals surface area contributed by atoms with Crippen LogP contribution in [0.25, 0.3) is 0 Å². The second-order valence-corrected chi connectivity index (χ2v) is 6.93. The zero-order valence-electron chi connectivity index (χ0n) is 14.1. The van der Waals surface area contributed by atoms with E-state index in [4.69, 9.17) is 4.74 Å². The van der Waals surface area contributed by atoms with E-state index in [1.165, 1.54) is 6.08 Å². The molecule has 124 valence electrons. The molecule has 0 saturated heterocycles. The van der Waals surface area contributed by atoms with Crippen molar-refractivity contribution >= 4 is 17.3 Å². The van der Waals surface area contributed by atoms with Crippen LogP contribution in [-0.4, -0.2) is 24.5 Å². The Hall–Kier alpha value is -2.49. The molecule has 4 heteroatoms. The maximum Gasteiger partial charge on any atom is 0.229 e. The van der Waals surface area contributed by atoms with E-state index in [0.29, 0.717) is 17.7 Å². The second kappa shape index (κ2) is 5.26. The van der Waals surface area contributed by atoms with Gasteiger partial charge in [0.2, 0.25) is 11.6 Å². The zero-order chi connectivity index (χ0) is 17.7. The van der Waals surface area contributed by atoms with E-state index in [0.717, 1.165) is 5.56 Å². The largest absolute Gasteiger partial charge is 0.497 e. The molecule has 0 amide bonds. The lowest BCUT2D eigenvalue weighted by Gasteiger charge is -2.49. The van der Waals surface area contributed by atoms with Crippen LogP contribution in [0.2, 0.25) is 0 Å². The highest BCUT2D eigenvalue weighted by Gasteiger charge is 2.59.